The van der Waals surface area contributed by atoms with Gasteiger partial charge in [0, 0.05) is 20.0 Å². The smallest absolute Gasteiger partial charge is 0.237 e. The van der Waals surface area contributed by atoms with E-state index in [1.807, 2.05) is 0 Å². The summed E-state index contributed by atoms with van der Waals surface area (Å²) in [6.07, 6.45) is 2.61. The topological polar surface area (TPSA) is 106 Å². The molecule has 0 fully saturated rings. The summed E-state index contributed by atoms with van der Waals surface area (Å²) < 4.78 is 1.62. The van der Waals surface area contributed by atoms with Crippen molar-refractivity contribution in [2.45, 2.75) is 18.9 Å². The minimum absolute atomic E-state index is 0.194. The van der Waals surface area contributed by atoms with Gasteiger partial charge in [0.15, 0.2) is 5.82 Å². The van der Waals surface area contributed by atoms with E-state index in [-0.39, 0.29) is 11.7 Å². The van der Waals surface area contributed by atoms with Crippen LogP contribution in [0.5, 0.6) is 5.75 Å². The van der Waals surface area contributed by atoms with Crippen molar-refractivity contribution in [3.8, 4) is 5.75 Å². The molecule has 1 aromatic carbocycles. The molecular weight excluding hydrogens is 270 g/mol. The van der Waals surface area contributed by atoms with E-state index in [2.05, 4.69) is 15.4 Å². The number of hydrogen-bond donors (Lipinski definition) is 3. The van der Waals surface area contributed by atoms with Gasteiger partial charge in [-0.05, 0) is 24.1 Å². The summed E-state index contributed by atoms with van der Waals surface area (Å²) in [6.45, 7) is 0.451. The van der Waals surface area contributed by atoms with Crippen molar-refractivity contribution < 1.29 is 9.90 Å². The Morgan fingerprint density at radius 3 is 2.76 bits per heavy atom. The summed E-state index contributed by atoms with van der Waals surface area (Å²) >= 11 is 0. The highest BCUT2D eigenvalue weighted by molar-refractivity contribution is 5.81. The zero-order valence-electron chi connectivity index (χ0n) is 11.9. The maximum atomic E-state index is 11.9. The number of carbonyl (C=O) groups excluding carboxylic acids is 1. The fraction of sp³-hybridized carbons (Fsp3) is 0.357. The van der Waals surface area contributed by atoms with Crippen LogP contribution < -0.4 is 11.1 Å². The molecule has 7 heteroatoms. The Hall–Kier alpha value is -2.41. The minimum atomic E-state index is -0.619. The molecule has 1 heterocycles. The quantitative estimate of drug-likeness (QED) is 0.680. The maximum Gasteiger partial charge on any atom is 0.237 e. The van der Waals surface area contributed by atoms with Gasteiger partial charge in [-0.25, -0.2) is 4.98 Å². The predicted octanol–water partition coefficient (Wildman–Crippen LogP) is -0.251. The molecule has 0 unspecified atom stereocenters. The Kier molecular flexibility index (Phi) is 4.89. The Labute approximate surface area is 122 Å². The SMILES string of the molecule is Cn1cnc(CCNC(=O)[C@H](N)Cc2ccc(O)cc2)n1. The zero-order valence-corrected chi connectivity index (χ0v) is 11.9. The Morgan fingerprint density at radius 1 is 1.43 bits per heavy atom. The van der Waals surface area contributed by atoms with Crippen LogP contribution in [0.3, 0.4) is 0 Å². The molecule has 0 bridgehead atoms. The van der Waals surface area contributed by atoms with Gasteiger partial charge in [-0.2, -0.15) is 5.10 Å². The van der Waals surface area contributed by atoms with Crippen molar-refractivity contribution in [3.05, 3.63) is 42.0 Å². The number of aryl methyl sites for hydroxylation is 1. The standard InChI is InChI=1S/C14H19N5O2/c1-19-9-17-13(18-19)6-7-16-14(21)12(15)8-10-2-4-11(20)5-3-10/h2-5,9,12,20H,6-8,15H2,1H3,(H,16,21)/t12-/m1/s1. The highest BCUT2D eigenvalue weighted by atomic mass is 16.3. The molecule has 0 radical (unpaired) electrons. The second-order valence-corrected chi connectivity index (χ2v) is 4.85. The number of nitrogens with zero attached hydrogens (tertiary/aromatic N) is 3. The van der Waals surface area contributed by atoms with Crippen molar-refractivity contribution in [3.63, 3.8) is 0 Å². The van der Waals surface area contributed by atoms with Gasteiger partial charge in [-0.1, -0.05) is 12.1 Å². The van der Waals surface area contributed by atoms with Crippen molar-refractivity contribution in [1.29, 1.82) is 0 Å². The van der Waals surface area contributed by atoms with Crippen LogP contribution in [0.2, 0.25) is 0 Å². The second-order valence-electron chi connectivity index (χ2n) is 4.85. The lowest BCUT2D eigenvalue weighted by Gasteiger charge is -2.12. The van der Waals surface area contributed by atoms with Crippen LogP contribution in [0.4, 0.5) is 0 Å². The average molecular weight is 289 g/mol. The van der Waals surface area contributed by atoms with Gasteiger partial charge in [-0.15, -0.1) is 0 Å². The third-order valence-electron chi connectivity index (χ3n) is 3.02. The molecule has 0 saturated carbocycles. The monoisotopic (exact) mass is 289 g/mol. The molecule has 7 nitrogen and oxygen atoms in total. The van der Waals surface area contributed by atoms with E-state index in [0.29, 0.717) is 25.2 Å². The largest absolute Gasteiger partial charge is 0.508 e. The molecular formula is C14H19N5O2. The molecule has 21 heavy (non-hydrogen) atoms. The molecule has 2 aromatic rings. The van der Waals surface area contributed by atoms with Crippen molar-refractivity contribution in [2.24, 2.45) is 12.8 Å². The number of phenols is 1. The van der Waals surface area contributed by atoms with E-state index in [1.54, 1.807) is 42.3 Å². The number of benzene rings is 1. The summed E-state index contributed by atoms with van der Waals surface area (Å²) in [4.78, 5) is 16.0. The number of aromatic hydroxyl groups is 1. The summed E-state index contributed by atoms with van der Waals surface area (Å²) in [6, 6.07) is 6.03. The van der Waals surface area contributed by atoms with E-state index in [4.69, 9.17) is 5.73 Å². The van der Waals surface area contributed by atoms with Crippen LogP contribution >= 0.6 is 0 Å². The fourth-order valence-electron chi connectivity index (χ4n) is 1.91. The molecule has 1 aromatic heterocycles. The molecule has 1 amide bonds. The molecule has 0 aliphatic carbocycles. The normalized spacial score (nSPS) is 12.1. The predicted molar refractivity (Wildman–Crippen MR) is 77.5 cm³/mol. The minimum Gasteiger partial charge on any atom is -0.508 e. The first-order chi connectivity index (χ1) is 10.0. The van der Waals surface area contributed by atoms with Crippen LogP contribution in [-0.2, 0) is 24.7 Å². The number of rotatable bonds is 6. The molecule has 0 aliphatic heterocycles. The molecule has 0 saturated heterocycles. The summed E-state index contributed by atoms with van der Waals surface area (Å²) in [5.41, 5.74) is 6.77. The Bertz CT molecular complexity index is 594. The number of aromatic nitrogens is 3. The van der Waals surface area contributed by atoms with Gasteiger partial charge in [0.1, 0.15) is 12.1 Å². The van der Waals surface area contributed by atoms with Crippen LogP contribution in [0.25, 0.3) is 0 Å². The lowest BCUT2D eigenvalue weighted by Crippen LogP contribution is -2.42. The van der Waals surface area contributed by atoms with Crippen LogP contribution in [0.15, 0.2) is 30.6 Å². The first-order valence-corrected chi connectivity index (χ1v) is 6.70. The zero-order chi connectivity index (χ0) is 15.2. The molecule has 0 aliphatic rings. The Morgan fingerprint density at radius 2 is 2.14 bits per heavy atom. The van der Waals surface area contributed by atoms with Crippen molar-refractivity contribution in [1.82, 2.24) is 20.1 Å². The average Bonchev–Trinajstić information content (AvgIpc) is 2.87. The second kappa shape index (κ2) is 6.85. The van der Waals surface area contributed by atoms with Crippen molar-refractivity contribution >= 4 is 5.91 Å². The molecule has 112 valence electrons. The van der Waals surface area contributed by atoms with Crippen molar-refractivity contribution in [2.75, 3.05) is 6.54 Å². The molecule has 0 spiro atoms. The van der Waals surface area contributed by atoms with E-state index >= 15 is 0 Å². The van der Waals surface area contributed by atoms with E-state index in [9.17, 15) is 9.90 Å². The lowest BCUT2D eigenvalue weighted by molar-refractivity contribution is -0.122. The summed E-state index contributed by atoms with van der Waals surface area (Å²) in [7, 11) is 1.79. The number of nitrogens with two attached hydrogens (primary N) is 1. The number of hydrogen-bond acceptors (Lipinski definition) is 5. The van der Waals surface area contributed by atoms with Crippen LogP contribution in [0.1, 0.15) is 11.4 Å². The van der Waals surface area contributed by atoms with E-state index in [0.717, 1.165) is 5.56 Å². The van der Waals surface area contributed by atoms with Gasteiger partial charge in [0.25, 0.3) is 0 Å². The van der Waals surface area contributed by atoms with Gasteiger partial charge in [0.2, 0.25) is 5.91 Å². The Balaban J connectivity index is 1.75. The number of phenolic OH excluding ortho intramolecular Hbond substituents is 1. The lowest BCUT2D eigenvalue weighted by atomic mass is 10.1. The van der Waals surface area contributed by atoms with Gasteiger partial charge >= 0.3 is 0 Å². The first-order valence-electron chi connectivity index (χ1n) is 6.70. The molecule has 1 atom stereocenters. The first kappa shape index (κ1) is 15.0. The highest BCUT2D eigenvalue weighted by Gasteiger charge is 2.13. The van der Waals surface area contributed by atoms with Gasteiger partial charge in [0.05, 0.1) is 6.04 Å². The van der Waals surface area contributed by atoms with Crippen LogP contribution in [0, 0.1) is 0 Å². The summed E-state index contributed by atoms with van der Waals surface area (Å²) in [5, 5.41) is 16.1. The third-order valence-corrected chi connectivity index (χ3v) is 3.02. The third kappa shape index (κ3) is 4.57. The van der Waals surface area contributed by atoms with Gasteiger partial charge in [-0.3, -0.25) is 9.48 Å². The molecule has 2 rings (SSSR count). The van der Waals surface area contributed by atoms with Crippen LogP contribution in [-0.4, -0.2) is 38.4 Å². The van der Waals surface area contributed by atoms with E-state index < -0.39 is 6.04 Å². The van der Waals surface area contributed by atoms with Gasteiger partial charge < -0.3 is 16.2 Å². The maximum absolute atomic E-state index is 11.9. The molecule has 4 N–H and O–H groups in total. The number of amides is 1. The highest BCUT2D eigenvalue weighted by Crippen LogP contribution is 2.10. The number of carbonyl (C=O) groups is 1. The number of nitrogens with one attached hydrogen (secondary N) is 1. The fourth-order valence-corrected chi connectivity index (χ4v) is 1.91. The van der Waals surface area contributed by atoms with E-state index in [1.165, 1.54) is 0 Å². The summed E-state index contributed by atoms with van der Waals surface area (Å²) in [5.74, 6) is 0.670.